The van der Waals surface area contributed by atoms with Crippen LogP contribution in [0.1, 0.15) is 69.7 Å². The second kappa shape index (κ2) is 14.4. The van der Waals surface area contributed by atoms with Gasteiger partial charge in [0.2, 0.25) is 21.8 Å². The van der Waals surface area contributed by atoms with Crippen LogP contribution in [0.15, 0.2) is 36.4 Å². The Morgan fingerprint density at radius 3 is 2.45 bits per heavy atom. The number of nitrogens with one attached hydrogen (secondary N) is 3. The zero-order valence-electron chi connectivity index (χ0n) is 28.1. The number of methoxy groups -OCH3 is 1. The fraction of sp³-hybridized carbons (Fsp3) is 0.606. The molecule has 3 N–H and O–H groups in total. The first-order chi connectivity index (χ1) is 23.1. The van der Waals surface area contributed by atoms with Crippen LogP contribution >= 0.6 is 0 Å². The number of alkyl carbamates (subject to hydrolysis) is 1. The number of amides is 4. The molecule has 15 nitrogen and oxygen atoms in total. The molecule has 1 saturated heterocycles. The van der Waals surface area contributed by atoms with E-state index < -0.39 is 80.3 Å². The number of carbonyl (C=O) groups excluding carboxylic acids is 5. The highest BCUT2D eigenvalue weighted by atomic mass is 32.2. The minimum atomic E-state index is -3.92. The van der Waals surface area contributed by atoms with E-state index in [-0.39, 0.29) is 44.6 Å². The number of fused-ring (bicyclic) bond motifs is 2. The number of ether oxygens (including phenoxy) is 4. The Balaban J connectivity index is 1.42. The maximum atomic E-state index is 14.2. The SMILES string of the molecule is COc1ccc(C(=O)O[C@@H]2C[C@H]3C(=O)N[C@]4(C(=O)NS(=O)(=O)C5CC5)C[C@H]4C=CCOCCC[C@H](NC(=O)OC(C)(C)C)C(=O)N3C2)cc1. The van der Waals surface area contributed by atoms with Crippen LogP contribution < -0.4 is 20.1 Å². The molecule has 1 aromatic carbocycles. The molecule has 49 heavy (non-hydrogen) atoms. The molecule has 2 heterocycles. The number of carbonyl (C=O) groups is 5. The topological polar surface area (TPSA) is 196 Å². The van der Waals surface area contributed by atoms with Crippen molar-refractivity contribution < 1.29 is 51.3 Å². The third-order valence-electron chi connectivity index (χ3n) is 8.77. The predicted molar refractivity (Wildman–Crippen MR) is 174 cm³/mol. The monoisotopic (exact) mass is 704 g/mol. The Labute approximate surface area is 285 Å². The van der Waals surface area contributed by atoms with Gasteiger partial charge in [-0.3, -0.25) is 19.1 Å². The predicted octanol–water partition coefficient (Wildman–Crippen LogP) is 1.56. The summed E-state index contributed by atoms with van der Waals surface area (Å²) >= 11 is 0. The Kier molecular flexibility index (Phi) is 10.6. The molecule has 0 bridgehead atoms. The molecule has 16 heteroatoms. The molecular formula is C33H44N4O11S. The van der Waals surface area contributed by atoms with Gasteiger partial charge in [-0.1, -0.05) is 12.2 Å². The van der Waals surface area contributed by atoms with Gasteiger partial charge in [0, 0.05) is 18.9 Å². The molecule has 1 aromatic rings. The number of rotatable bonds is 7. The van der Waals surface area contributed by atoms with Gasteiger partial charge in [-0.15, -0.1) is 0 Å². The second-order valence-corrected chi connectivity index (χ2v) is 15.7. The summed E-state index contributed by atoms with van der Waals surface area (Å²) in [6.07, 6.45) is 3.06. The maximum Gasteiger partial charge on any atom is 0.408 e. The molecule has 3 fully saturated rings. The van der Waals surface area contributed by atoms with Gasteiger partial charge >= 0.3 is 12.1 Å². The van der Waals surface area contributed by atoms with Crippen molar-refractivity contribution in [3.63, 3.8) is 0 Å². The Morgan fingerprint density at radius 1 is 1.08 bits per heavy atom. The van der Waals surface area contributed by atoms with E-state index in [2.05, 4.69) is 15.4 Å². The quantitative estimate of drug-likeness (QED) is 0.275. The molecule has 2 aliphatic heterocycles. The smallest absolute Gasteiger partial charge is 0.408 e. The molecule has 0 spiro atoms. The lowest BCUT2D eigenvalue weighted by atomic mass is 10.1. The van der Waals surface area contributed by atoms with Gasteiger partial charge in [0.15, 0.2) is 0 Å². The summed E-state index contributed by atoms with van der Waals surface area (Å²) in [6.45, 7) is 5.28. The zero-order valence-corrected chi connectivity index (χ0v) is 28.9. The second-order valence-electron chi connectivity index (χ2n) is 13.8. The highest BCUT2D eigenvalue weighted by molar-refractivity contribution is 7.91. The Morgan fingerprint density at radius 2 is 1.80 bits per heavy atom. The maximum absolute atomic E-state index is 14.2. The highest BCUT2D eigenvalue weighted by Crippen LogP contribution is 2.46. The van der Waals surface area contributed by atoms with Crippen LogP contribution in [0.25, 0.3) is 0 Å². The summed E-state index contributed by atoms with van der Waals surface area (Å²) in [5, 5.41) is 4.70. The van der Waals surface area contributed by atoms with Crippen molar-refractivity contribution in [2.75, 3.05) is 26.9 Å². The molecule has 0 unspecified atom stereocenters. The van der Waals surface area contributed by atoms with Crippen LogP contribution in [0.3, 0.4) is 0 Å². The van der Waals surface area contributed by atoms with Crippen LogP contribution in [-0.2, 0) is 38.6 Å². The molecule has 2 aliphatic carbocycles. The van der Waals surface area contributed by atoms with Gasteiger partial charge < -0.3 is 34.5 Å². The number of sulfonamides is 1. The summed E-state index contributed by atoms with van der Waals surface area (Å²) in [4.78, 5) is 68.9. The summed E-state index contributed by atoms with van der Waals surface area (Å²) in [6, 6.07) is 3.89. The Hall–Kier alpha value is -4.18. The summed E-state index contributed by atoms with van der Waals surface area (Å²) in [5.41, 5.74) is -2.20. The van der Waals surface area contributed by atoms with E-state index in [1.165, 1.54) is 24.1 Å². The van der Waals surface area contributed by atoms with Crippen LogP contribution in [-0.4, -0.2) is 105 Å². The number of esters is 1. The first kappa shape index (κ1) is 36.1. The highest BCUT2D eigenvalue weighted by Gasteiger charge is 2.62. The van der Waals surface area contributed by atoms with Crippen molar-refractivity contribution in [1.29, 1.82) is 0 Å². The normalized spacial score (nSPS) is 27.7. The van der Waals surface area contributed by atoms with Gasteiger partial charge in [0.05, 0.1) is 31.1 Å². The number of benzene rings is 1. The van der Waals surface area contributed by atoms with Crippen LogP contribution in [0.2, 0.25) is 0 Å². The largest absolute Gasteiger partial charge is 0.497 e. The van der Waals surface area contributed by atoms with Crippen molar-refractivity contribution in [2.24, 2.45) is 5.92 Å². The van der Waals surface area contributed by atoms with Crippen molar-refractivity contribution in [2.45, 2.75) is 93.9 Å². The standard InChI is InChI=1S/C33H44N4O11S/c1-32(2,3)48-31(42)34-25-8-6-16-46-15-5-7-21-18-33(21,30(41)36-49(43,44)24-13-14-24)35-27(38)26-17-23(19-37(26)28(25)39)47-29(40)20-9-11-22(45-4)12-10-20/h5,7,9-12,21,23-26H,6,8,13-19H2,1-4H3,(H,34,42)(H,35,38)(H,36,41)/t21-,23-,25+,26+,33-/m1/s1. The first-order valence-electron chi connectivity index (χ1n) is 16.4. The fourth-order valence-electron chi connectivity index (χ4n) is 5.96. The van der Waals surface area contributed by atoms with Crippen molar-refractivity contribution >= 4 is 39.8 Å². The first-order valence-corrected chi connectivity index (χ1v) is 17.9. The zero-order chi connectivity index (χ0) is 35.6. The lowest BCUT2D eigenvalue weighted by Crippen LogP contribution is -2.58. The number of nitrogens with zero attached hydrogens (tertiary/aromatic N) is 1. The van der Waals surface area contributed by atoms with E-state index >= 15 is 0 Å². The number of hydrogen-bond acceptors (Lipinski definition) is 11. The third-order valence-corrected chi connectivity index (χ3v) is 10.6. The van der Waals surface area contributed by atoms with Crippen molar-refractivity contribution in [3.05, 3.63) is 42.0 Å². The lowest BCUT2D eigenvalue weighted by molar-refractivity contribution is -0.141. The molecule has 268 valence electrons. The average molecular weight is 705 g/mol. The molecule has 0 aromatic heterocycles. The molecule has 0 radical (unpaired) electrons. The van der Waals surface area contributed by atoms with E-state index in [0.717, 1.165) is 0 Å². The van der Waals surface area contributed by atoms with Crippen LogP contribution in [0, 0.1) is 5.92 Å². The molecular weight excluding hydrogens is 660 g/mol. The summed E-state index contributed by atoms with van der Waals surface area (Å²) in [7, 11) is -2.43. The van der Waals surface area contributed by atoms with Gasteiger partial charge in [0.25, 0.3) is 5.91 Å². The van der Waals surface area contributed by atoms with Gasteiger partial charge in [0.1, 0.15) is 35.1 Å². The molecule has 2 saturated carbocycles. The summed E-state index contributed by atoms with van der Waals surface area (Å²) < 4.78 is 49.5. The fourth-order valence-corrected chi connectivity index (χ4v) is 7.32. The van der Waals surface area contributed by atoms with E-state index in [1.54, 1.807) is 45.1 Å². The van der Waals surface area contributed by atoms with Crippen LogP contribution in [0.4, 0.5) is 4.79 Å². The number of hydrogen-bond donors (Lipinski definition) is 3. The lowest BCUT2D eigenvalue weighted by Gasteiger charge is -2.30. The van der Waals surface area contributed by atoms with Crippen molar-refractivity contribution in [1.82, 2.24) is 20.3 Å². The molecule has 5 rings (SSSR count). The molecule has 5 atom stereocenters. The Bertz CT molecular complexity index is 1590. The van der Waals surface area contributed by atoms with Gasteiger partial charge in [-0.2, -0.15) is 0 Å². The molecule has 4 amide bonds. The average Bonchev–Trinajstić information content (AvgIpc) is 3.95. The summed E-state index contributed by atoms with van der Waals surface area (Å²) in [5.74, 6) is -2.89. The van der Waals surface area contributed by atoms with Gasteiger partial charge in [-0.05, 0) is 77.1 Å². The van der Waals surface area contributed by atoms with E-state index in [0.29, 0.717) is 25.0 Å². The van der Waals surface area contributed by atoms with Crippen molar-refractivity contribution in [3.8, 4) is 5.75 Å². The van der Waals surface area contributed by atoms with Gasteiger partial charge in [-0.25, -0.2) is 18.0 Å². The van der Waals surface area contributed by atoms with E-state index in [9.17, 15) is 32.4 Å². The minimum Gasteiger partial charge on any atom is -0.497 e. The molecule has 4 aliphatic rings. The third kappa shape index (κ3) is 8.90. The van der Waals surface area contributed by atoms with Crippen LogP contribution in [0.5, 0.6) is 5.75 Å². The van der Waals surface area contributed by atoms with E-state index in [1.807, 2.05) is 0 Å². The minimum absolute atomic E-state index is 0.111. The van der Waals surface area contributed by atoms with E-state index in [4.69, 9.17) is 18.9 Å².